The second kappa shape index (κ2) is 6.29. The highest BCUT2D eigenvalue weighted by molar-refractivity contribution is 9.10. The van der Waals surface area contributed by atoms with Crippen molar-refractivity contribution in [3.8, 4) is 22.5 Å². The minimum atomic E-state index is -0.350. The number of pyridine rings is 1. The van der Waals surface area contributed by atoms with Gasteiger partial charge in [0.2, 0.25) is 0 Å². The van der Waals surface area contributed by atoms with Crippen molar-refractivity contribution in [2.75, 3.05) is 0 Å². The molecule has 0 spiro atoms. The molecular weight excluding hydrogens is 387 g/mol. The predicted molar refractivity (Wildman–Crippen MR) is 90.0 cm³/mol. The summed E-state index contributed by atoms with van der Waals surface area (Å²) in [6.07, 6.45) is 1.44. The van der Waals surface area contributed by atoms with E-state index in [0.29, 0.717) is 33.5 Å². The summed E-state index contributed by atoms with van der Waals surface area (Å²) in [6, 6.07) is 7.47. The van der Waals surface area contributed by atoms with E-state index in [0.717, 1.165) is 0 Å². The van der Waals surface area contributed by atoms with Crippen molar-refractivity contribution >= 4 is 27.5 Å². The first-order valence-corrected chi connectivity index (χ1v) is 7.99. The van der Waals surface area contributed by atoms with E-state index in [1.54, 1.807) is 18.2 Å². The molecular formula is C16H11BrClFN2O2. The summed E-state index contributed by atoms with van der Waals surface area (Å²) in [5, 5.41) is 4.05. The maximum absolute atomic E-state index is 13.2. The zero-order valence-corrected chi connectivity index (χ0v) is 14.4. The molecule has 7 heteroatoms. The van der Waals surface area contributed by atoms with Crippen LogP contribution in [0.15, 0.2) is 50.4 Å². The lowest BCUT2D eigenvalue weighted by molar-refractivity contribution is 0.421. The van der Waals surface area contributed by atoms with Crippen molar-refractivity contribution in [3.05, 3.63) is 62.3 Å². The Kier molecular flexibility index (Phi) is 4.37. The van der Waals surface area contributed by atoms with Crippen LogP contribution in [0.1, 0.15) is 6.92 Å². The summed E-state index contributed by atoms with van der Waals surface area (Å²) < 4.78 is 20.4. The fourth-order valence-corrected chi connectivity index (χ4v) is 3.02. The van der Waals surface area contributed by atoms with Crippen LogP contribution in [0.4, 0.5) is 4.39 Å². The van der Waals surface area contributed by atoms with Gasteiger partial charge in [-0.15, -0.1) is 0 Å². The number of aromatic nitrogens is 2. The van der Waals surface area contributed by atoms with Gasteiger partial charge in [-0.1, -0.05) is 16.8 Å². The van der Waals surface area contributed by atoms with E-state index in [2.05, 4.69) is 21.1 Å². The van der Waals surface area contributed by atoms with Crippen LogP contribution < -0.4 is 5.56 Å². The smallest absolute Gasteiger partial charge is 0.269 e. The third-order valence-electron chi connectivity index (χ3n) is 3.46. The SMILES string of the molecule is CCn1c(-c2ccc(F)cc2)c(-c2nocc2Br)cc(Cl)c1=O. The lowest BCUT2D eigenvalue weighted by Gasteiger charge is -2.16. The molecule has 3 aromatic rings. The summed E-state index contributed by atoms with van der Waals surface area (Å²) in [6.45, 7) is 2.25. The normalized spacial score (nSPS) is 11.0. The number of nitrogens with zero attached hydrogens (tertiary/aromatic N) is 2. The van der Waals surface area contributed by atoms with Gasteiger partial charge in [-0.05, 0) is 58.7 Å². The minimum Gasteiger partial charge on any atom is -0.363 e. The van der Waals surface area contributed by atoms with Crippen molar-refractivity contribution < 1.29 is 8.91 Å². The highest BCUT2D eigenvalue weighted by Crippen LogP contribution is 2.35. The fourth-order valence-electron chi connectivity index (χ4n) is 2.44. The van der Waals surface area contributed by atoms with E-state index in [9.17, 15) is 9.18 Å². The maximum atomic E-state index is 13.2. The molecule has 0 saturated heterocycles. The van der Waals surface area contributed by atoms with Crippen LogP contribution in [0.5, 0.6) is 0 Å². The first-order valence-electron chi connectivity index (χ1n) is 6.82. The van der Waals surface area contributed by atoms with E-state index >= 15 is 0 Å². The summed E-state index contributed by atoms with van der Waals surface area (Å²) in [5.74, 6) is -0.350. The molecule has 0 radical (unpaired) electrons. The Labute approximate surface area is 144 Å². The number of benzene rings is 1. The fraction of sp³-hybridized carbons (Fsp3) is 0.125. The van der Waals surface area contributed by atoms with Crippen LogP contribution in [-0.4, -0.2) is 9.72 Å². The molecule has 118 valence electrons. The highest BCUT2D eigenvalue weighted by Gasteiger charge is 2.20. The van der Waals surface area contributed by atoms with Gasteiger partial charge in [-0.3, -0.25) is 4.79 Å². The van der Waals surface area contributed by atoms with E-state index in [1.165, 1.54) is 23.0 Å². The van der Waals surface area contributed by atoms with Crippen LogP contribution in [0.2, 0.25) is 5.02 Å². The van der Waals surface area contributed by atoms with Gasteiger partial charge < -0.3 is 9.09 Å². The first-order chi connectivity index (χ1) is 11.0. The second-order valence-corrected chi connectivity index (χ2v) is 6.08. The van der Waals surface area contributed by atoms with Gasteiger partial charge in [0.05, 0.1) is 10.2 Å². The lowest BCUT2D eigenvalue weighted by Crippen LogP contribution is -2.22. The van der Waals surface area contributed by atoms with Crippen molar-refractivity contribution in [1.82, 2.24) is 9.72 Å². The van der Waals surface area contributed by atoms with Crippen molar-refractivity contribution in [3.63, 3.8) is 0 Å². The largest absolute Gasteiger partial charge is 0.363 e. The molecule has 0 atom stereocenters. The molecule has 0 N–H and O–H groups in total. The lowest BCUT2D eigenvalue weighted by atomic mass is 10.0. The van der Waals surface area contributed by atoms with Crippen LogP contribution >= 0.6 is 27.5 Å². The van der Waals surface area contributed by atoms with Crippen LogP contribution in [0, 0.1) is 5.82 Å². The minimum absolute atomic E-state index is 0.0858. The standard InChI is InChI=1S/C16H11BrClFN2O2/c1-2-21-15(9-3-5-10(19)6-4-9)11(7-13(18)16(21)22)14-12(17)8-23-20-14/h3-8H,2H2,1H3. The molecule has 2 aromatic heterocycles. The average Bonchev–Trinajstić information content (AvgIpc) is 2.96. The van der Waals surface area contributed by atoms with Gasteiger partial charge in [0.15, 0.2) is 0 Å². The molecule has 23 heavy (non-hydrogen) atoms. The van der Waals surface area contributed by atoms with Crippen molar-refractivity contribution in [2.45, 2.75) is 13.5 Å². The zero-order chi connectivity index (χ0) is 16.6. The Bertz CT molecular complexity index is 919. The first kappa shape index (κ1) is 16.0. The van der Waals surface area contributed by atoms with Crippen LogP contribution in [0.25, 0.3) is 22.5 Å². The van der Waals surface area contributed by atoms with Crippen molar-refractivity contribution in [2.24, 2.45) is 0 Å². The molecule has 0 aliphatic heterocycles. The molecule has 0 unspecified atom stereocenters. The third kappa shape index (κ3) is 2.84. The molecule has 0 aliphatic rings. The highest BCUT2D eigenvalue weighted by atomic mass is 79.9. The van der Waals surface area contributed by atoms with Gasteiger partial charge in [-0.25, -0.2) is 4.39 Å². The molecule has 0 amide bonds. The van der Waals surface area contributed by atoms with Gasteiger partial charge in [0.25, 0.3) is 5.56 Å². The molecule has 3 rings (SSSR count). The summed E-state index contributed by atoms with van der Waals surface area (Å²) >= 11 is 9.45. The molecule has 2 heterocycles. The second-order valence-electron chi connectivity index (χ2n) is 4.82. The third-order valence-corrected chi connectivity index (χ3v) is 4.29. The Morgan fingerprint density at radius 1 is 1.35 bits per heavy atom. The molecule has 0 aliphatic carbocycles. The quantitative estimate of drug-likeness (QED) is 0.641. The van der Waals surface area contributed by atoms with Gasteiger partial charge in [-0.2, -0.15) is 0 Å². The molecule has 0 fully saturated rings. The van der Waals surface area contributed by atoms with Gasteiger partial charge >= 0.3 is 0 Å². The topological polar surface area (TPSA) is 48.0 Å². The Hall–Kier alpha value is -1.92. The van der Waals surface area contributed by atoms with Gasteiger partial charge in [0, 0.05) is 12.1 Å². The average molecular weight is 398 g/mol. The maximum Gasteiger partial charge on any atom is 0.269 e. The summed E-state index contributed by atoms with van der Waals surface area (Å²) in [7, 11) is 0. The summed E-state index contributed by atoms with van der Waals surface area (Å²) in [4.78, 5) is 12.4. The van der Waals surface area contributed by atoms with Crippen molar-refractivity contribution in [1.29, 1.82) is 0 Å². The van der Waals surface area contributed by atoms with E-state index in [4.69, 9.17) is 16.1 Å². The molecule has 1 aromatic carbocycles. The number of rotatable bonds is 3. The molecule has 0 saturated carbocycles. The number of hydrogen-bond donors (Lipinski definition) is 0. The molecule has 0 bridgehead atoms. The number of hydrogen-bond acceptors (Lipinski definition) is 3. The van der Waals surface area contributed by atoms with Crippen LogP contribution in [0.3, 0.4) is 0 Å². The Balaban J connectivity index is 2.39. The molecule has 4 nitrogen and oxygen atoms in total. The predicted octanol–water partition coefficient (Wildman–Crippen LogP) is 4.75. The monoisotopic (exact) mass is 396 g/mol. The van der Waals surface area contributed by atoms with Gasteiger partial charge in [0.1, 0.15) is 22.8 Å². The van der Waals surface area contributed by atoms with E-state index in [-0.39, 0.29) is 16.4 Å². The Morgan fingerprint density at radius 2 is 2.04 bits per heavy atom. The zero-order valence-electron chi connectivity index (χ0n) is 12.0. The number of halogens is 3. The summed E-state index contributed by atoms with van der Waals surface area (Å²) in [5.41, 5.74) is 2.14. The Morgan fingerprint density at radius 3 is 2.61 bits per heavy atom. The van der Waals surface area contributed by atoms with E-state index in [1.807, 2.05) is 6.92 Å². The van der Waals surface area contributed by atoms with Crippen LogP contribution in [-0.2, 0) is 6.54 Å². The van der Waals surface area contributed by atoms with E-state index < -0.39 is 0 Å².